The number of nitrogens with one attached hydrogen (secondary N) is 1. The fourth-order valence-electron chi connectivity index (χ4n) is 4.16. The molecule has 0 aliphatic carbocycles. The van der Waals surface area contributed by atoms with Crippen LogP contribution in [0.1, 0.15) is 80.7 Å². The number of nitrogens with zero attached hydrogens (tertiary/aromatic N) is 6. The molecule has 0 unspecified atom stereocenters. The van der Waals surface area contributed by atoms with Gasteiger partial charge in [-0.3, -0.25) is 0 Å². The average molecular weight is 494 g/mol. The van der Waals surface area contributed by atoms with Gasteiger partial charge in [-0.15, -0.1) is 15.3 Å². The highest BCUT2D eigenvalue weighted by Gasteiger charge is 2.36. The maximum absolute atomic E-state index is 14.7. The van der Waals surface area contributed by atoms with E-state index in [-0.39, 0.29) is 12.2 Å². The normalized spacial score (nSPS) is 11.8. The van der Waals surface area contributed by atoms with Crippen LogP contribution in [0.3, 0.4) is 0 Å². The standard InChI is InChI=1S/C27H33F2N7/c1-3-5-7-11-24-30-26(27(28,29)16-6-4-2)33-36(24)19-21-14-12-20(13-15-21)17-22-9-8-10-23(18-22)25-31-34-35-32-25/h8-10,12-15,18H,3-7,11,16-17,19H2,1-2H3,(H,31,32,34,35). The number of halogens is 2. The highest BCUT2D eigenvalue weighted by molar-refractivity contribution is 5.55. The molecule has 2 heterocycles. The third-order valence-corrected chi connectivity index (χ3v) is 6.22. The van der Waals surface area contributed by atoms with Crippen LogP contribution >= 0.6 is 0 Å². The summed E-state index contributed by atoms with van der Waals surface area (Å²) in [6.07, 6.45) is 5.37. The first-order chi connectivity index (χ1) is 17.5. The minimum Gasteiger partial charge on any atom is -0.245 e. The Hall–Kier alpha value is -3.49. The lowest BCUT2D eigenvalue weighted by atomic mass is 10.0. The van der Waals surface area contributed by atoms with Crippen LogP contribution in [-0.2, 0) is 25.3 Å². The quantitative estimate of drug-likeness (QED) is 0.227. The van der Waals surface area contributed by atoms with Gasteiger partial charge >= 0.3 is 5.92 Å². The highest BCUT2D eigenvalue weighted by Crippen LogP contribution is 2.31. The summed E-state index contributed by atoms with van der Waals surface area (Å²) in [5.74, 6) is -2.15. The second-order valence-electron chi connectivity index (χ2n) is 9.20. The summed E-state index contributed by atoms with van der Waals surface area (Å²) in [5.41, 5.74) is 4.20. The van der Waals surface area contributed by atoms with Crippen molar-refractivity contribution in [1.82, 2.24) is 35.4 Å². The second-order valence-corrected chi connectivity index (χ2v) is 9.20. The van der Waals surface area contributed by atoms with Crippen LogP contribution in [-0.4, -0.2) is 35.4 Å². The van der Waals surface area contributed by atoms with Gasteiger partial charge in [0.1, 0.15) is 5.82 Å². The van der Waals surface area contributed by atoms with Crippen molar-refractivity contribution in [3.8, 4) is 11.4 Å². The monoisotopic (exact) mass is 493 g/mol. The molecule has 0 saturated carbocycles. The Kier molecular flexibility index (Phi) is 8.51. The number of aryl methyl sites for hydroxylation is 1. The molecular formula is C27H33F2N7. The predicted molar refractivity (Wildman–Crippen MR) is 135 cm³/mol. The van der Waals surface area contributed by atoms with Gasteiger partial charge in [0.15, 0.2) is 0 Å². The zero-order chi connectivity index (χ0) is 25.4. The third-order valence-electron chi connectivity index (χ3n) is 6.22. The maximum atomic E-state index is 14.7. The first-order valence-electron chi connectivity index (χ1n) is 12.7. The van der Waals surface area contributed by atoms with Crippen molar-refractivity contribution < 1.29 is 8.78 Å². The smallest absolute Gasteiger partial charge is 0.245 e. The molecule has 4 rings (SSSR count). The number of benzene rings is 2. The fourth-order valence-corrected chi connectivity index (χ4v) is 4.16. The van der Waals surface area contributed by atoms with Gasteiger partial charge in [0, 0.05) is 18.4 Å². The Balaban J connectivity index is 1.47. The van der Waals surface area contributed by atoms with Gasteiger partial charge in [-0.05, 0) is 47.2 Å². The molecule has 2 aromatic carbocycles. The first kappa shape index (κ1) is 25.6. The van der Waals surface area contributed by atoms with E-state index in [0.29, 0.717) is 37.5 Å². The van der Waals surface area contributed by atoms with E-state index in [9.17, 15) is 8.78 Å². The van der Waals surface area contributed by atoms with E-state index < -0.39 is 5.92 Å². The fraction of sp³-hybridized carbons (Fsp3) is 0.444. The lowest BCUT2D eigenvalue weighted by molar-refractivity contribution is -0.0245. The largest absolute Gasteiger partial charge is 0.308 e. The zero-order valence-corrected chi connectivity index (χ0v) is 20.9. The Labute approximate surface area is 210 Å². The number of aromatic nitrogens is 7. The molecule has 1 N–H and O–H groups in total. The summed E-state index contributed by atoms with van der Waals surface area (Å²) in [5, 5.41) is 18.4. The number of aromatic amines is 1. The third kappa shape index (κ3) is 6.59. The molecule has 0 saturated heterocycles. The van der Waals surface area contributed by atoms with Crippen LogP contribution in [0.25, 0.3) is 11.4 Å². The van der Waals surface area contributed by atoms with Crippen molar-refractivity contribution in [2.75, 3.05) is 0 Å². The molecule has 9 heteroatoms. The Morgan fingerprint density at radius 3 is 2.42 bits per heavy atom. The predicted octanol–water partition coefficient (Wildman–Crippen LogP) is 6.11. The molecule has 0 aliphatic rings. The summed E-state index contributed by atoms with van der Waals surface area (Å²) < 4.78 is 31.0. The molecular weight excluding hydrogens is 460 g/mol. The Morgan fingerprint density at radius 1 is 0.917 bits per heavy atom. The average Bonchev–Trinajstić information content (AvgIpc) is 3.56. The van der Waals surface area contributed by atoms with Crippen molar-refractivity contribution in [1.29, 1.82) is 0 Å². The molecule has 0 amide bonds. The van der Waals surface area contributed by atoms with Crippen molar-refractivity contribution in [3.05, 3.63) is 76.9 Å². The lowest BCUT2D eigenvalue weighted by Gasteiger charge is -2.11. The van der Waals surface area contributed by atoms with Gasteiger partial charge in [0.2, 0.25) is 11.6 Å². The minimum atomic E-state index is -3.00. The van der Waals surface area contributed by atoms with E-state index >= 15 is 0 Å². The number of alkyl halides is 2. The Morgan fingerprint density at radius 2 is 1.69 bits per heavy atom. The molecule has 0 fully saturated rings. The molecule has 0 radical (unpaired) electrons. The number of unbranched alkanes of at least 4 members (excludes halogenated alkanes) is 3. The molecule has 0 atom stereocenters. The molecule has 36 heavy (non-hydrogen) atoms. The van der Waals surface area contributed by atoms with Gasteiger partial charge in [-0.1, -0.05) is 75.6 Å². The number of tetrazole rings is 1. The van der Waals surface area contributed by atoms with Gasteiger partial charge in [0.25, 0.3) is 0 Å². The zero-order valence-electron chi connectivity index (χ0n) is 20.9. The van der Waals surface area contributed by atoms with Crippen molar-refractivity contribution in [2.24, 2.45) is 0 Å². The van der Waals surface area contributed by atoms with Gasteiger partial charge in [0.05, 0.1) is 6.54 Å². The Bertz CT molecular complexity index is 1220. The van der Waals surface area contributed by atoms with Crippen LogP contribution in [0.5, 0.6) is 0 Å². The summed E-state index contributed by atoms with van der Waals surface area (Å²) in [6, 6.07) is 16.3. The SMILES string of the molecule is CCCCCc1nc(C(F)(F)CCCC)nn1Cc1ccc(Cc2cccc(-c3nn[nH]n3)c2)cc1. The molecule has 7 nitrogen and oxygen atoms in total. The van der Waals surface area contributed by atoms with Gasteiger partial charge in [-0.25, -0.2) is 9.67 Å². The van der Waals surface area contributed by atoms with Gasteiger partial charge in [-0.2, -0.15) is 14.0 Å². The van der Waals surface area contributed by atoms with Crippen LogP contribution in [0.4, 0.5) is 8.78 Å². The summed E-state index contributed by atoms with van der Waals surface area (Å²) in [6.45, 7) is 4.45. The maximum Gasteiger partial charge on any atom is 0.308 e. The van der Waals surface area contributed by atoms with Crippen LogP contribution in [0, 0.1) is 0 Å². The molecule has 0 spiro atoms. The molecule has 190 valence electrons. The van der Waals surface area contributed by atoms with E-state index in [0.717, 1.165) is 47.9 Å². The van der Waals surface area contributed by atoms with Crippen molar-refractivity contribution in [2.45, 2.75) is 77.7 Å². The number of hydrogen-bond donors (Lipinski definition) is 1. The first-order valence-corrected chi connectivity index (χ1v) is 12.7. The number of rotatable bonds is 13. The van der Waals surface area contributed by atoms with E-state index in [4.69, 9.17) is 0 Å². The van der Waals surface area contributed by atoms with E-state index in [1.54, 1.807) is 4.68 Å². The van der Waals surface area contributed by atoms with Crippen LogP contribution in [0.15, 0.2) is 48.5 Å². The lowest BCUT2D eigenvalue weighted by Crippen LogP contribution is -2.16. The molecule has 0 aliphatic heterocycles. The van der Waals surface area contributed by atoms with Crippen molar-refractivity contribution in [3.63, 3.8) is 0 Å². The number of H-pyrrole nitrogens is 1. The van der Waals surface area contributed by atoms with Crippen LogP contribution in [0.2, 0.25) is 0 Å². The number of hydrogen-bond acceptors (Lipinski definition) is 5. The summed E-state index contributed by atoms with van der Waals surface area (Å²) in [7, 11) is 0. The summed E-state index contributed by atoms with van der Waals surface area (Å²) >= 11 is 0. The topological polar surface area (TPSA) is 85.2 Å². The minimum absolute atomic E-state index is 0.218. The van der Waals surface area contributed by atoms with Gasteiger partial charge < -0.3 is 0 Å². The van der Waals surface area contributed by atoms with Crippen LogP contribution < -0.4 is 0 Å². The van der Waals surface area contributed by atoms with E-state index in [1.165, 1.54) is 0 Å². The molecule has 4 aromatic rings. The molecule has 0 bridgehead atoms. The molecule has 2 aromatic heterocycles. The second kappa shape index (κ2) is 12.0. The van der Waals surface area contributed by atoms with Crippen molar-refractivity contribution >= 4 is 0 Å². The van der Waals surface area contributed by atoms with E-state index in [2.05, 4.69) is 61.9 Å². The van der Waals surface area contributed by atoms with E-state index in [1.807, 2.05) is 31.2 Å². The highest BCUT2D eigenvalue weighted by atomic mass is 19.3. The summed E-state index contributed by atoms with van der Waals surface area (Å²) in [4.78, 5) is 4.29.